The van der Waals surface area contributed by atoms with Crippen molar-refractivity contribution in [2.24, 2.45) is 0 Å². The number of carbonyl (C=O) groups is 1. The first-order chi connectivity index (χ1) is 8.08. The molecule has 3 rings (SSSR count). The Labute approximate surface area is 101 Å². The molecule has 1 fully saturated rings. The van der Waals surface area contributed by atoms with E-state index in [4.69, 9.17) is 0 Å². The van der Waals surface area contributed by atoms with Crippen LogP contribution in [-0.4, -0.2) is 52.4 Å². The maximum atomic E-state index is 12.0. The Balaban J connectivity index is 1.96. The first-order valence-corrected chi connectivity index (χ1v) is 6.07. The van der Waals surface area contributed by atoms with Crippen molar-refractivity contribution >= 4 is 5.91 Å². The zero-order valence-electron chi connectivity index (χ0n) is 10.6. The van der Waals surface area contributed by atoms with Gasteiger partial charge >= 0.3 is 0 Å². The molecule has 0 bridgehead atoms. The van der Waals surface area contributed by atoms with Crippen LogP contribution >= 0.6 is 0 Å². The minimum absolute atomic E-state index is 0.104. The summed E-state index contributed by atoms with van der Waals surface area (Å²) in [5, 5.41) is 0. The van der Waals surface area contributed by atoms with Crippen LogP contribution in [0.5, 0.6) is 0 Å². The van der Waals surface area contributed by atoms with Gasteiger partial charge in [-0.3, -0.25) is 4.79 Å². The highest BCUT2D eigenvalue weighted by Crippen LogP contribution is 2.30. The summed E-state index contributed by atoms with van der Waals surface area (Å²) in [7, 11) is 3.96. The van der Waals surface area contributed by atoms with Gasteiger partial charge in [-0.15, -0.1) is 0 Å². The second kappa shape index (κ2) is 3.57. The number of hydrogen-bond acceptors (Lipinski definition) is 3. The molecule has 0 spiro atoms. The fraction of sp³-hybridized carbons (Fsp3) is 0.667. The summed E-state index contributed by atoms with van der Waals surface area (Å²) in [6, 6.07) is -0.104. The van der Waals surface area contributed by atoms with Gasteiger partial charge in [0.05, 0.1) is 18.4 Å². The van der Waals surface area contributed by atoms with Gasteiger partial charge in [0.1, 0.15) is 11.9 Å². The zero-order chi connectivity index (χ0) is 12.2. The summed E-state index contributed by atoms with van der Waals surface area (Å²) >= 11 is 0. The average Bonchev–Trinajstić information content (AvgIpc) is 2.65. The fourth-order valence-electron chi connectivity index (χ4n) is 2.89. The average molecular weight is 234 g/mol. The third-order valence-electron chi connectivity index (χ3n) is 3.85. The number of hydrogen-bond donors (Lipinski definition) is 0. The lowest BCUT2D eigenvalue weighted by Gasteiger charge is -2.38. The van der Waals surface area contributed by atoms with E-state index in [2.05, 4.69) is 21.5 Å². The van der Waals surface area contributed by atoms with Gasteiger partial charge in [0.25, 0.3) is 0 Å². The molecule has 5 nitrogen and oxygen atoms in total. The molecule has 1 aromatic heterocycles. The lowest BCUT2D eigenvalue weighted by Crippen LogP contribution is -2.45. The number of carbonyl (C=O) groups excluding carboxylic acids is 1. The first-order valence-electron chi connectivity index (χ1n) is 6.07. The van der Waals surface area contributed by atoms with Crippen LogP contribution in [0.25, 0.3) is 0 Å². The van der Waals surface area contributed by atoms with E-state index >= 15 is 0 Å². The SMILES string of the molecule is CC1C(=O)N(C)Cc2cnc(C3CN(C)C3)n21. The topological polar surface area (TPSA) is 41.4 Å². The minimum Gasteiger partial charge on any atom is -0.338 e. The fourth-order valence-corrected chi connectivity index (χ4v) is 2.89. The van der Waals surface area contributed by atoms with Crippen molar-refractivity contribution in [2.45, 2.75) is 25.4 Å². The summed E-state index contributed by atoms with van der Waals surface area (Å²) in [6.07, 6.45) is 1.92. The third kappa shape index (κ3) is 1.49. The van der Waals surface area contributed by atoms with Crippen LogP contribution in [0.2, 0.25) is 0 Å². The van der Waals surface area contributed by atoms with Crippen molar-refractivity contribution in [1.29, 1.82) is 0 Å². The van der Waals surface area contributed by atoms with Gasteiger partial charge in [-0.25, -0.2) is 4.98 Å². The number of amides is 1. The first kappa shape index (κ1) is 10.8. The highest BCUT2D eigenvalue weighted by molar-refractivity contribution is 5.81. The summed E-state index contributed by atoms with van der Waals surface area (Å²) in [5.41, 5.74) is 1.16. The molecule has 92 valence electrons. The number of fused-ring (bicyclic) bond motifs is 1. The second-order valence-corrected chi connectivity index (χ2v) is 5.27. The van der Waals surface area contributed by atoms with Crippen LogP contribution in [0.4, 0.5) is 0 Å². The highest BCUT2D eigenvalue weighted by Gasteiger charge is 2.35. The number of rotatable bonds is 1. The van der Waals surface area contributed by atoms with Gasteiger partial charge in [0, 0.05) is 26.1 Å². The van der Waals surface area contributed by atoms with Crippen LogP contribution in [0.3, 0.4) is 0 Å². The number of imidazole rings is 1. The van der Waals surface area contributed by atoms with E-state index in [-0.39, 0.29) is 11.9 Å². The minimum atomic E-state index is -0.104. The molecule has 1 unspecified atom stereocenters. The molecule has 2 aliphatic rings. The molecule has 1 saturated heterocycles. The van der Waals surface area contributed by atoms with Crippen molar-refractivity contribution < 1.29 is 4.79 Å². The van der Waals surface area contributed by atoms with Crippen LogP contribution in [0.1, 0.15) is 30.4 Å². The quantitative estimate of drug-likeness (QED) is 0.708. The van der Waals surface area contributed by atoms with Crippen molar-refractivity contribution in [3.63, 3.8) is 0 Å². The Hall–Kier alpha value is -1.36. The standard InChI is InChI=1S/C12H18N4O/c1-8-12(17)15(3)7-10-4-13-11(16(8)10)9-5-14(2)6-9/h4,8-9H,5-7H2,1-3H3. The molecule has 1 amide bonds. The lowest BCUT2D eigenvalue weighted by molar-refractivity contribution is -0.135. The van der Waals surface area contributed by atoms with Gasteiger partial charge in [0.15, 0.2) is 0 Å². The Morgan fingerprint density at radius 1 is 1.35 bits per heavy atom. The van der Waals surface area contributed by atoms with Crippen LogP contribution in [-0.2, 0) is 11.3 Å². The lowest BCUT2D eigenvalue weighted by atomic mass is 9.99. The molecule has 5 heteroatoms. The van der Waals surface area contributed by atoms with Gasteiger partial charge in [0.2, 0.25) is 5.91 Å². The van der Waals surface area contributed by atoms with E-state index in [1.165, 1.54) is 0 Å². The molecule has 0 radical (unpaired) electrons. The highest BCUT2D eigenvalue weighted by atomic mass is 16.2. The normalized spacial score (nSPS) is 25.9. The molecule has 0 saturated carbocycles. The Bertz CT molecular complexity index is 461. The Morgan fingerprint density at radius 2 is 2.06 bits per heavy atom. The van der Waals surface area contributed by atoms with Crippen LogP contribution < -0.4 is 0 Å². The Kier molecular flexibility index (Phi) is 2.26. The van der Waals surface area contributed by atoms with Crippen molar-refractivity contribution in [2.75, 3.05) is 27.2 Å². The number of aromatic nitrogens is 2. The summed E-state index contributed by atoms with van der Waals surface area (Å²) < 4.78 is 2.14. The third-order valence-corrected chi connectivity index (χ3v) is 3.85. The predicted molar refractivity (Wildman–Crippen MR) is 63.7 cm³/mol. The molecular formula is C12H18N4O. The maximum absolute atomic E-state index is 12.0. The van der Waals surface area contributed by atoms with Crippen molar-refractivity contribution in [3.8, 4) is 0 Å². The van der Waals surface area contributed by atoms with Crippen molar-refractivity contribution in [1.82, 2.24) is 19.4 Å². The predicted octanol–water partition coefficient (Wildman–Crippen LogP) is 0.445. The zero-order valence-corrected chi connectivity index (χ0v) is 10.6. The smallest absolute Gasteiger partial charge is 0.245 e. The van der Waals surface area contributed by atoms with Gasteiger partial charge in [-0.2, -0.15) is 0 Å². The molecule has 0 aromatic carbocycles. The number of likely N-dealkylation sites (tertiary alicyclic amines) is 1. The Morgan fingerprint density at radius 3 is 2.71 bits per heavy atom. The largest absolute Gasteiger partial charge is 0.338 e. The van der Waals surface area contributed by atoms with E-state index in [0.29, 0.717) is 12.5 Å². The molecule has 1 aromatic rings. The van der Waals surface area contributed by atoms with Crippen LogP contribution in [0, 0.1) is 0 Å². The molecule has 17 heavy (non-hydrogen) atoms. The van der Waals surface area contributed by atoms with E-state index < -0.39 is 0 Å². The molecule has 0 N–H and O–H groups in total. The van der Waals surface area contributed by atoms with Crippen molar-refractivity contribution in [3.05, 3.63) is 17.7 Å². The van der Waals surface area contributed by atoms with E-state index in [1.807, 2.05) is 20.2 Å². The second-order valence-electron chi connectivity index (χ2n) is 5.27. The molecule has 3 heterocycles. The molecule has 1 atom stereocenters. The van der Waals surface area contributed by atoms with E-state index in [9.17, 15) is 4.79 Å². The van der Waals surface area contributed by atoms with Gasteiger partial charge < -0.3 is 14.4 Å². The van der Waals surface area contributed by atoms with E-state index in [0.717, 1.165) is 24.6 Å². The van der Waals surface area contributed by atoms with Crippen LogP contribution in [0.15, 0.2) is 6.20 Å². The molecule has 2 aliphatic heterocycles. The van der Waals surface area contributed by atoms with Gasteiger partial charge in [-0.1, -0.05) is 0 Å². The number of likely N-dealkylation sites (N-methyl/N-ethyl adjacent to an activating group) is 2. The summed E-state index contributed by atoms with van der Waals surface area (Å²) in [4.78, 5) is 20.6. The maximum Gasteiger partial charge on any atom is 0.245 e. The number of nitrogens with zero attached hydrogens (tertiary/aromatic N) is 4. The molecular weight excluding hydrogens is 216 g/mol. The summed E-state index contributed by atoms with van der Waals surface area (Å²) in [5.74, 6) is 1.77. The monoisotopic (exact) mass is 234 g/mol. The van der Waals surface area contributed by atoms with E-state index in [1.54, 1.807) is 4.90 Å². The molecule has 0 aliphatic carbocycles. The van der Waals surface area contributed by atoms with Gasteiger partial charge in [-0.05, 0) is 14.0 Å². The summed E-state index contributed by atoms with van der Waals surface area (Å²) in [6.45, 7) is 4.74.